The molecule has 1 saturated heterocycles. The number of aliphatic carboxylic acids is 1. The quantitative estimate of drug-likeness (QED) is 0.806. The smallest absolute Gasteiger partial charge is 0.309 e. The van der Waals surface area contributed by atoms with Gasteiger partial charge in [0.2, 0.25) is 0 Å². The van der Waals surface area contributed by atoms with Crippen molar-refractivity contribution in [2.24, 2.45) is 5.41 Å². The van der Waals surface area contributed by atoms with E-state index < -0.39 is 11.4 Å². The van der Waals surface area contributed by atoms with E-state index in [2.05, 4.69) is 11.5 Å². The molecular formula is C19H22FNO3. The van der Waals surface area contributed by atoms with Crippen LogP contribution >= 0.6 is 0 Å². The maximum atomic E-state index is 13.7. The summed E-state index contributed by atoms with van der Waals surface area (Å²) >= 11 is 0. The van der Waals surface area contributed by atoms with Gasteiger partial charge in [0.05, 0.1) is 17.1 Å². The van der Waals surface area contributed by atoms with E-state index in [1.54, 1.807) is 18.2 Å². The van der Waals surface area contributed by atoms with E-state index in [4.69, 9.17) is 4.42 Å². The summed E-state index contributed by atoms with van der Waals surface area (Å²) in [7, 11) is 0. The molecule has 0 saturated carbocycles. The molecule has 1 fully saturated rings. The molecule has 128 valence electrons. The molecule has 3 rings (SSSR count). The van der Waals surface area contributed by atoms with Crippen LogP contribution in [0.1, 0.15) is 31.2 Å². The number of nitrogens with zero attached hydrogens (tertiary/aromatic N) is 1. The van der Waals surface area contributed by atoms with E-state index in [0.717, 1.165) is 12.0 Å². The number of allylic oxidation sites excluding steroid dienone is 1. The highest BCUT2D eigenvalue weighted by Gasteiger charge is 2.40. The summed E-state index contributed by atoms with van der Waals surface area (Å²) in [4.78, 5) is 13.9. The lowest BCUT2D eigenvalue weighted by molar-refractivity contribution is -0.152. The second kappa shape index (κ2) is 6.77. The third kappa shape index (κ3) is 3.08. The van der Waals surface area contributed by atoms with Gasteiger partial charge in [0.15, 0.2) is 0 Å². The lowest BCUT2D eigenvalue weighted by Gasteiger charge is -2.38. The van der Waals surface area contributed by atoms with Crippen LogP contribution in [-0.4, -0.2) is 29.1 Å². The molecule has 0 radical (unpaired) electrons. The molecule has 2 heterocycles. The van der Waals surface area contributed by atoms with Crippen molar-refractivity contribution in [1.82, 2.24) is 4.90 Å². The monoisotopic (exact) mass is 331 g/mol. The normalized spacial score (nSPS) is 17.9. The molecule has 4 nitrogen and oxygen atoms in total. The standard InChI is InChI=1S/C19H22FNO3/c1-2-3-7-19(18(22)23)8-10-21(11-9-19)13-14-4-5-16(20)15-6-12-24-17(14)15/h2,4-6,12H,1,3,7-11,13H2,(H,22,23). The number of furan rings is 1. The van der Waals surface area contributed by atoms with Gasteiger partial charge in [-0.25, -0.2) is 4.39 Å². The fraction of sp³-hybridized carbons (Fsp3) is 0.421. The zero-order chi connectivity index (χ0) is 17.2. The molecular weight excluding hydrogens is 309 g/mol. The van der Waals surface area contributed by atoms with Crippen LogP contribution in [0.25, 0.3) is 11.0 Å². The minimum atomic E-state index is -0.709. The number of piperidine rings is 1. The summed E-state index contributed by atoms with van der Waals surface area (Å²) < 4.78 is 19.2. The Labute approximate surface area is 140 Å². The van der Waals surface area contributed by atoms with Gasteiger partial charge in [0, 0.05) is 12.1 Å². The van der Waals surface area contributed by atoms with Crippen LogP contribution < -0.4 is 0 Å². The first kappa shape index (κ1) is 16.7. The lowest BCUT2D eigenvalue weighted by Crippen LogP contribution is -2.44. The maximum Gasteiger partial charge on any atom is 0.309 e. The Morgan fingerprint density at radius 3 is 2.79 bits per heavy atom. The molecule has 1 aromatic heterocycles. The minimum absolute atomic E-state index is 0.282. The van der Waals surface area contributed by atoms with Gasteiger partial charge in [-0.05, 0) is 50.9 Å². The number of likely N-dealkylation sites (tertiary alicyclic amines) is 1. The van der Waals surface area contributed by atoms with Crippen molar-refractivity contribution in [3.05, 3.63) is 48.5 Å². The molecule has 0 atom stereocenters. The predicted octanol–water partition coefficient (Wildman–Crippen LogP) is 4.20. The first-order valence-electron chi connectivity index (χ1n) is 8.27. The van der Waals surface area contributed by atoms with E-state index in [1.165, 1.54) is 12.3 Å². The third-order valence-corrected chi connectivity index (χ3v) is 5.13. The lowest BCUT2D eigenvalue weighted by atomic mass is 9.75. The largest absolute Gasteiger partial charge is 0.481 e. The summed E-state index contributed by atoms with van der Waals surface area (Å²) in [5.74, 6) is -0.991. The predicted molar refractivity (Wildman–Crippen MR) is 90.2 cm³/mol. The summed E-state index contributed by atoms with van der Waals surface area (Å²) in [6, 6.07) is 4.84. The van der Waals surface area contributed by atoms with Crippen LogP contribution in [0, 0.1) is 11.2 Å². The summed E-state index contributed by atoms with van der Waals surface area (Å²) in [5.41, 5.74) is 0.870. The van der Waals surface area contributed by atoms with Gasteiger partial charge in [-0.15, -0.1) is 6.58 Å². The fourth-order valence-electron chi connectivity index (χ4n) is 3.54. The fourth-order valence-corrected chi connectivity index (χ4v) is 3.54. The second-order valence-electron chi connectivity index (χ2n) is 6.56. The first-order valence-corrected chi connectivity index (χ1v) is 8.27. The molecule has 0 amide bonds. The van der Waals surface area contributed by atoms with E-state index in [-0.39, 0.29) is 5.82 Å². The number of halogens is 1. The SMILES string of the molecule is C=CCCC1(C(=O)O)CCN(Cc2ccc(F)c3ccoc23)CC1. The van der Waals surface area contributed by atoms with E-state index in [0.29, 0.717) is 49.9 Å². The van der Waals surface area contributed by atoms with Crippen molar-refractivity contribution >= 4 is 16.9 Å². The van der Waals surface area contributed by atoms with Crippen molar-refractivity contribution in [2.75, 3.05) is 13.1 Å². The Hall–Kier alpha value is -2.14. The Bertz CT molecular complexity index is 744. The Morgan fingerprint density at radius 1 is 1.38 bits per heavy atom. The van der Waals surface area contributed by atoms with Gasteiger partial charge < -0.3 is 9.52 Å². The molecule has 1 aromatic carbocycles. The molecule has 1 aliphatic rings. The highest BCUT2D eigenvalue weighted by atomic mass is 19.1. The Balaban J connectivity index is 1.70. The number of hydrogen-bond acceptors (Lipinski definition) is 3. The van der Waals surface area contributed by atoms with Gasteiger partial charge >= 0.3 is 5.97 Å². The summed E-state index contributed by atoms with van der Waals surface area (Å²) in [6.45, 7) is 5.76. The number of fused-ring (bicyclic) bond motifs is 1. The number of rotatable bonds is 6. The molecule has 1 aliphatic heterocycles. The minimum Gasteiger partial charge on any atom is -0.481 e. The highest BCUT2D eigenvalue weighted by molar-refractivity contribution is 5.81. The van der Waals surface area contributed by atoms with Crippen molar-refractivity contribution in [1.29, 1.82) is 0 Å². The number of carbonyl (C=O) groups is 1. The van der Waals surface area contributed by atoms with Gasteiger partial charge in [0.1, 0.15) is 11.4 Å². The van der Waals surface area contributed by atoms with Gasteiger partial charge in [-0.3, -0.25) is 9.69 Å². The van der Waals surface area contributed by atoms with Crippen LogP contribution in [0.2, 0.25) is 0 Å². The van der Waals surface area contributed by atoms with E-state index >= 15 is 0 Å². The number of carboxylic acid groups (broad SMARTS) is 1. The molecule has 0 spiro atoms. The topological polar surface area (TPSA) is 53.7 Å². The average Bonchev–Trinajstić information content (AvgIpc) is 3.07. The zero-order valence-electron chi connectivity index (χ0n) is 13.6. The number of carboxylic acids is 1. The zero-order valence-corrected chi connectivity index (χ0v) is 13.6. The molecule has 0 bridgehead atoms. The molecule has 0 unspecified atom stereocenters. The highest BCUT2D eigenvalue weighted by Crippen LogP contribution is 2.37. The average molecular weight is 331 g/mol. The van der Waals surface area contributed by atoms with Crippen LogP contribution in [0.3, 0.4) is 0 Å². The summed E-state index contributed by atoms with van der Waals surface area (Å²) in [6.07, 6.45) is 5.88. The maximum absolute atomic E-state index is 13.7. The number of benzene rings is 1. The van der Waals surface area contributed by atoms with Crippen molar-refractivity contribution < 1.29 is 18.7 Å². The van der Waals surface area contributed by atoms with Crippen LogP contribution in [-0.2, 0) is 11.3 Å². The Kier molecular flexibility index (Phi) is 4.71. The van der Waals surface area contributed by atoms with Gasteiger partial charge in [-0.1, -0.05) is 12.1 Å². The van der Waals surface area contributed by atoms with Crippen LogP contribution in [0.15, 0.2) is 41.5 Å². The van der Waals surface area contributed by atoms with Crippen molar-refractivity contribution in [3.63, 3.8) is 0 Å². The van der Waals surface area contributed by atoms with Crippen LogP contribution in [0.5, 0.6) is 0 Å². The van der Waals surface area contributed by atoms with E-state index in [9.17, 15) is 14.3 Å². The van der Waals surface area contributed by atoms with Crippen molar-refractivity contribution in [3.8, 4) is 0 Å². The van der Waals surface area contributed by atoms with Crippen molar-refractivity contribution in [2.45, 2.75) is 32.2 Å². The van der Waals surface area contributed by atoms with Gasteiger partial charge in [0.25, 0.3) is 0 Å². The molecule has 2 aromatic rings. The second-order valence-corrected chi connectivity index (χ2v) is 6.56. The first-order chi connectivity index (χ1) is 11.6. The Morgan fingerprint density at radius 2 is 2.12 bits per heavy atom. The third-order valence-electron chi connectivity index (χ3n) is 5.13. The molecule has 1 N–H and O–H groups in total. The molecule has 5 heteroatoms. The van der Waals surface area contributed by atoms with Gasteiger partial charge in [-0.2, -0.15) is 0 Å². The van der Waals surface area contributed by atoms with Crippen LogP contribution in [0.4, 0.5) is 4.39 Å². The molecule has 0 aliphatic carbocycles. The molecule has 24 heavy (non-hydrogen) atoms. The van der Waals surface area contributed by atoms with E-state index in [1.807, 2.05) is 0 Å². The summed E-state index contributed by atoms with van der Waals surface area (Å²) in [5, 5.41) is 10.1. The number of hydrogen-bond donors (Lipinski definition) is 1.